The summed E-state index contributed by atoms with van der Waals surface area (Å²) in [6.07, 6.45) is 6.40. The zero-order valence-electron chi connectivity index (χ0n) is 11.8. The molecule has 2 aliphatic rings. The van der Waals surface area contributed by atoms with Crippen molar-refractivity contribution < 1.29 is 9.47 Å². The second-order valence-electron chi connectivity index (χ2n) is 5.87. The van der Waals surface area contributed by atoms with Crippen LogP contribution in [0.3, 0.4) is 0 Å². The molecule has 1 aromatic carbocycles. The fraction of sp³-hybridized carbons (Fsp3) is 0.438. The minimum atomic E-state index is 0.299. The lowest BCUT2D eigenvalue weighted by atomic mass is 9.86. The number of benzene rings is 1. The fourth-order valence-electron chi connectivity index (χ4n) is 3.23. The molecule has 5 heteroatoms. The average Bonchev–Trinajstić information content (AvgIpc) is 3.15. The highest BCUT2D eigenvalue weighted by Gasteiger charge is 2.23. The molecule has 1 aliphatic carbocycles. The number of aromatic amines is 1. The summed E-state index contributed by atoms with van der Waals surface area (Å²) >= 11 is 0. The highest BCUT2D eigenvalue weighted by atomic mass is 16.7. The standard InChI is InChI=1S/C16H19N3O2/c17-12-3-1-2-11(6-12)16-18-8-13(19-16)10-4-5-14-15(7-10)21-9-20-14/h4-5,7-8,11-12H,1-3,6,9,17H2,(H,18,19). The minimum absolute atomic E-state index is 0.299. The van der Waals surface area contributed by atoms with Gasteiger partial charge in [0.15, 0.2) is 11.5 Å². The Hall–Kier alpha value is -2.01. The molecular formula is C16H19N3O2. The number of nitrogens with one attached hydrogen (secondary N) is 1. The van der Waals surface area contributed by atoms with E-state index in [4.69, 9.17) is 15.2 Å². The molecule has 0 spiro atoms. The predicted octanol–water partition coefficient (Wildman–Crippen LogP) is 2.79. The van der Waals surface area contributed by atoms with E-state index in [0.717, 1.165) is 41.4 Å². The lowest BCUT2D eigenvalue weighted by Crippen LogP contribution is -2.27. The fourth-order valence-corrected chi connectivity index (χ4v) is 3.23. The normalized spacial score (nSPS) is 24.2. The summed E-state index contributed by atoms with van der Waals surface area (Å²) in [6, 6.07) is 6.26. The van der Waals surface area contributed by atoms with Crippen LogP contribution in [0.1, 0.15) is 37.4 Å². The lowest BCUT2D eigenvalue weighted by molar-refractivity contribution is 0.174. The van der Waals surface area contributed by atoms with E-state index >= 15 is 0 Å². The van der Waals surface area contributed by atoms with E-state index in [0.29, 0.717) is 18.8 Å². The highest BCUT2D eigenvalue weighted by Crippen LogP contribution is 2.36. The van der Waals surface area contributed by atoms with Crippen LogP contribution < -0.4 is 15.2 Å². The van der Waals surface area contributed by atoms with Gasteiger partial charge in [-0.05, 0) is 37.5 Å². The van der Waals surface area contributed by atoms with E-state index in [-0.39, 0.29) is 0 Å². The maximum Gasteiger partial charge on any atom is 0.231 e. The lowest BCUT2D eigenvalue weighted by Gasteiger charge is -2.24. The van der Waals surface area contributed by atoms with Gasteiger partial charge in [-0.3, -0.25) is 0 Å². The summed E-state index contributed by atoms with van der Waals surface area (Å²) < 4.78 is 10.8. The molecule has 0 bridgehead atoms. The Labute approximate surface area is 123 Å². The Morgan fingerprint density at radius 2 is 2.10 bits per heavy atom. The molecule has 1 aliphatic heterocycles. The number of hydrogen-bond donors (Lipinski definition) is 2. The molecule has 2 heterocycles. The molecule has 4 rings (SSSR count). The Bertz CT molecular complexity index is 653. The number of imidazole rings is 1. The van der Waals surface area contributed by atoms with Crippen molar-refractivity contribution in [2.75, 3.05) is 6.79 Å². The van der Waals surface area contributed by atoms with Gasteiger partial charge >= 0.3 is 0 Å². The van der Waals surface area contributed by atoms with Gasteiger partial charge in [0.1, 0.15) is 5.82 Å². The Balaban J connectivity index is 1.59. The SMILES string of the molecule is NC1CCCC(c2ncc(-c3ccc4c(c3)OCO4)[nH]2)C1. The molecule has 21 heavy (non-hydrogen) atoms. The number of H-pyrrole nitrogens is 1. The van der Waals surface area contributed by atoms with Crippen LogP contribution >= 0.6 is 0 Å². The van der Waals surface area contributed by atoms with Crippen LogP contribution in [0, 0.1) is 0 Å². The minimum Gasteiger partial charge on any atom is -0.454 e. The van der Waals surface area contributed by atoms with Crippen molar-refractivity contribution in [3.63, 3.8) is 0 Å². The molecule has 0 radical (unpaired) electrons. The molecule has 5 nitrogen and oxygen atoms in total. The van der Waals surface area contributed by atoms with Gasteiger partial charge in [0.25, 0.3) is 0 Å². The van der Waals surface area contributed by atoms with Gasteiger partial charge in [0.05, 0.1) is 11.9 Å². The van der Waals surface area contributed by atoms with Crippen LogP contribution in [0.15, 0.2) is 24.4 Å². The zero-order valence-corrected chi connectivity index (χ0v) is 11.8. The van der Waals surface area contributed by atoms with Crippen molar-refractivity contribution in [2.45, 2.75) is 37.6 Å². The van der Waals surface area contributed by atoms with Crippen LogP contribution in [0.4, 0.5) is 0 Å². The summed E-state index contributed by atoms with van der Waals surface area (Å²) in [7, 11) is 0. The number of rotatable bonds is 2. The van der Waals surface area contributed by atoms with E-state index in [1.807, 2.05) is 24.4 Å². The van der Waals surface area contributed by atoms with Gasteiger partial charge in [-0.1, -0.05) is 6.42 Å². The van der Waals surface area contributed by atoms with Crippen LogP contribution in [0.25, 0.3) is 11.3 Å². The topological polar surface area (TPSA) is 73.2 Å². The molecule has 0 saturated heterocycles. The molecule has 1 fully saturated rings. The van der Waals surface area contributed by atoms with Crippen LogP contribution in [0.2, 0.25) is 0 Å². The van der Waals surface area contributed by atoms with Crippen molar-refractivity contribution >= 4 is 0 Å². The Kier molecular flexibility index (Phi) is 3.07. The van der Waals surface area contributed by atoms with E-state index in [9.17, 15) is 0 Å². The number of hydrogen-bond acceptors (Lipinski definition) is 4. The molecule has 1 saturated carbocycles. The van der Waals surface area contributed by atoms with Gasteiger partial charge in [0, 0.05) is 17.5 Å². The maximum atomic E-state index is 6.07. The van der Waals surface area contributed by atoms with E-state index in [1.165, 1.54) is 12.8 Å². The third kappa shape index (κ3) is 2.38. The van der Waals surface area contributed by atoms with Gasteiger partial charge in [-0.15, -0.1) is 0 Å². The smallest absolute Gasteiger partial charge is 0.231 e. The molecule has 1 aromatic heterocycles. The van der Waals surface area contributed by atoms with Crippen molar-refractivity contribution in [3.05, 3.63) is 30.2 Å². The number of fused-ring (bicyclic) bond motifs is 1. The van der Waals surface area contributed by atoms with E-state index in [2.05, 4.69) is 9.97 Å². The molecule has 110 valence electrons. The van der Waals surface area contributed by atoms with Crippen molar-refractivity contribution in [3.8, 4) is 22.8 Å². The number of aromatic nitrogens is 2. The quantitative estimate of drug-likeness (QED) is 0.890. The van der Waals surface area contributed by atoms with Gasteiger partial charge < -0.3 is 20.2 Å². The Morgan fingerprint density at radius 1 is 1.19 bits per heavy atom. The predicted molar refractivity (Wildman–Crippen MR) is 79.3 cm³/mol. The Morgan fingerprint density at radius 3 is 3.00 bits per heavy atom. The summed E-state index contributed by atoms with van der Waals surface area (Å²) in [5, 5.41) is 0. The number of nitrogens with two attached hydrogens (primary N) is 1. The summed E-state index contributed by atoms with van der Waals surface area (Å²) in [5.41, 5.74) is 8.15. The number of ether oxygens (including phenoxy) is 2. The number of nitrogens with zero attached hydrogens (tertiary/aromatic N) is 1. The van der Waals surface area contributed by atoms with Crippen LogP contribution in [0.5, 0.6) is 11.5 Å². The summed E-state index contributed by atoms with van der Waals surface area (Å²) in [6.45, 7) is 0.299. The monoisotopic (exact) mass is 285 g/mol. The molecule has 3 N–H and O–H groups in total. The molecular weight excluding hydrogens is 266 g/mol. The third-order valence-corrected chi connectivity index (χ3v) is 4.38. The molecule has 2 atom stereocenters. The second-order valence-corrected chi connectivity index (χ2v) is 5.87. The van der Waals surface area contributed by atoms with E-state index in [1.54, 1.807) is 0 Å². The van der Waals surface area contributed by atoms with Crippen molar-refractivity contribution in [1.29, 1.82) is 0 Å². The zero-order chi connectivity index (χ0) is 14.2. The van der Waals surface area contributed by atoms with Crippen LogP contribution in [-0.4, -0.2) is 22.8 Å². The van der Waals surface area contributed by atoms with Gasteiger partial charge in [-0.25, -0.2) is 4.98 Å². The van der Waals surface area contributed by atoms with Crippen molar-refractivity contribution in [2.24, 2.45) is 5.73 Å². The molecule has 2 unspecified atom stereocenters. The second kappa shape index (κ2) is 5.07. The average molecular weight is 285 g/mol. The van der Waals surface area contributed by atoms with Gasteiger partial charge in [0.2, 0.25) is 6.79 Å². The van der Waals surface area contributed by atoms with E-state index < -0.39 is 0 Å². The largest absolute Gasteiger partial charge is 0.454 e. The first-order valence-electron chi connectivity index (χ1n) is 7.50. The van der Waals surface area contributed by atoms with Crippen molar-refractivity contribution in [1.82, 2.24) is 9.97 Å². The molecule has 0 amide bonds. The third-order valence-electron chi connectivity index (χ3n) is 4.38. The first kappa shape index (κ1) is 12.7. The first-order chi connectivity index (χ1) is 10.3. The van der Waals surface area contributed by atoms with Crippen LogP contribution in [-0.2, 0) is 0 Å². The highest BCUT2D eigenvalue weighted by molar-refractivity contribution is 5.64. The summed E-state index contributed by atoms with van der Waals surface area (Å²) in [5.74, 6) is 3.11. The summed E-state index contributed by atoms with van der Waals surface area (Å²) in [4.78, 5) is 8.01. The van der Waals surface area contributed by atoms with Gasteiger partial charge in [-0.2, -0.15) is 0 Å². The maximum absolute atomic E-state index is 6.07. The molecule has 2 aromatic rings. The first-order valence-corrected chi connectivity index (χ1v) is 7.50.